The fraction of sp³-hybridized carbons (Fsp3) is 0.222. The van der Waals surface area contributed by atoms with Gasteiger partial charge in [0.1, 0.15) is 6.42 Å². The second-order valence-corrected chi connectivity index (χ2v) is 5.39. The number of para-hydroxylation sites is 2. The molecule has 0 saturated carbocycles. The van der Waals surface area contributed by atoms with Crippen LogP contribution in [0.3, 0.4) is 0 Å². The number of benzene rings is 2. The van der Waals surface area contributed by atoms with Gasteiger partial charge in [-0.2, -0.15) is 0 Å². The van der Waals surface area contributed by atoms with Gasteiger partial charge in [0.15, 0.2) is 0 Å². The molecule has 0 aromatic heterocycles. The first-order valence-corrected chi connectivity index (χ1v) is 7.36. The lowest BCUT2D eigenvalue weighted by molar-refractivity contribution is -0.126. The summed E-state index contributed by atoms with van der Waals surface area (Å²) in [7, 11) is 1.70. The fourth-order valence-electron chi connectivity index (χ4n) is 2.74. The number of nitrogens with zero attached hydrogens (tertiary/aromatic N) is 2. The molecule has 3 rings (SSSR count). The zero-order valence-electron chi connectivity index (χ0n) is 12.5. The largest absolute Gasteiger partial charge is 0.315 e. The van der Waals surface area contributed by atoms with Crippen LogP contribution in [0, 0.1) is 0 Å². The first-order chi connectivity index (χ1) is 10.7. The molecule has 0 N–H and O–H groups in total. The highest BCUT2D eigenvalue weighted by molar-refractivity contribution is 6.10. The van der Waals surface area contributed by atoms with Gasteiger partial charge in [0.05, 0.1) is 0 Å². The first kappa shape index (κ1) is 14.3. The topological polar surface area (TPSA) is 40.6 Å². The Bertz CT molecular complexity index is 697. The van der Waals surface area contributed by atoms with Crippen LogP contribution < -0.4 is 9.80 Å². The Morgan fingerprint density at radius 1 is 1.05 bits per heavy atom. The number of carbonyl (C=O) groups excluding carboxylic acids is 2. The zero-order chi connectivity index (χ0) is 15.5. The van der Waals surface area contributed by atoms with Crippen molar-refractivity contribution in [3.05, 3.63) is 60.2 Å². The van der Waals surface area contributed by atoms with Crippen molar-refractivity contribution in [2.24, 2.45) is 0 Å². The molecule has 0 bridgehead atoms. The summed E-state index contributed by atoms with van der Waals surface area (Å²) in [6.45, 7) is 0.653. The van der Waals surface area contributed by atoms with E-state index >= 15 is 0 Å². The minimum absolute atomic E-state index is 0.111. The van der Waals surface area contributed by atoms with Crippen LogP contribution in [0.15, 0.2) is 54.6 Å². The van der Waals surface area contributed by atoms with Crippen molar-refractivity contribution in [3.63, 3.8) is 0 Å². The van der Waals surface area contributed by atoms with Gasteiger partial charge in [0.25, 0.3) is 0 Å². The van der Waals surface area contributed by atoms with Crippen LogP contribution in [0.4, 0.5) is 11.4 Å². The SMILES string of the molecule is CN(C(=O)CC(=O)N1CCc2ccccc21)c1ccccc1. The maximum Gasteiger partial charge on any atom is 0.236 e. The summed E-state index contributed by atoms with van der Waals surface area (Å²) in [6.07, 6.45) is 0.740. The molecule has 0 aliphatic carbocycles. The third-order valence-electron chi connectivity index (χ3n) is 4.01. The van der Waals surface area contributed by atoms with Gasteiger partial charge in [-0.25, -0.2) is 0 Å². The van der Waals surface area contributed by atoms with E-state index < -0.39 is 0 Å². The molecule has 1 heterocycles. The molecule has 0 spiro atoms. The van der Waals surface area contributed by atoms with Gasteiger partial charge in [0.2, 0.25) is 11.8 Å². The molecule has 0 fully saturated rings. The van der Waals surface area contributed by atoms with Crippen molar-refractivity contribution in [2.45, 2.75) is 12.8 Å². The average molecular weight is 294 g/mol. The van der Waals surface area contributed by atoms with Crippen molar-refractivity contribution < 1.29 is 9.59 Å². The summed E-state index contributed by atoms with van der Waals surface area (Å²) in [6, 6.07) is 17.2. The Morgan fingerprint density at radius 2 is 1.73 bits per heavy atom. The van der Waals surface area contributed by atoms with Gasteiger partial charge >= 0.3 is 0 Å². The number of amides is 2. The van der Waals surface area contributed by atoms with Crippen LogP contribution in [0.5, 0.6) is 0 Å². The maximum atomic E-state index is 12.4. The maximum absolute atomic E-state index is 12.4. The number of hydrogen-bond acceptors (Lipinski definition) is 2. The summed E-state index contributed by atoms with van der Waals surface area (Å²) in [4.78, 5) is 28.0. The molecule has 0 unspecified atom stereocenters. The van der Waals surface area contributed by atoms with E-state index in [1.807, 2.05) is 54.6 Å². The van der Waals surface area contributed by atoms with E-state index in [1.165, 1.54) is 10.5 Å². The summed E-state index contributed by atoms with van der Waals surface area (Å²) >= 11 is 0. The Balaban J connectivity index is 1.69. The highest BCUT2D eigenvalue weighted by Crippen LogP contribution is 2.28. The molecule has 0 saturated heterocycles. The molecule has 2 aromatic carbocycles. The van der Waals surface area contributed by atoms with Crippen LogP contribution in [-0.2, 0) is 16.0 Å². The van der Waals surface area contributed by atoms with Crippen molar-refractivity contribution in [3.8, 4) is 0 Å². The molecule has 1 aliphatic heterocycles. The molecule has 22 heavy (non-hydrogen) atoms. The Hall–Kier alpha value is -2.62. The molecule has 1 aliphatic rings. The van der Waals surface area contributed by atoms with Crippen LogP contribution >= 0.6 is 0 Å². The van der Waals surface area contributed by atoms with Gasteiger partial charge in [-0.3, -0.25) is 9.59 Å². The van der Waals surface area contributed by atoms with E-state index in [9.17, 15) is 9.59 Å². The van der Waals surface area contributed by atoms with Crippen molar-refractivity contribution in [1.29, 1.82) is 0 Å². The lowest BCUT2D eigenvalue weighted by Gasteiger charge is -2.20. The van der Waals surface area contributed by atoms with Crippen molar-refractivity contribution >= 4 is 23.2 Å². The number of anilines is 2. The fourth-order valence-corrected chi connectivity index (χ4v) is 2.74. The van der Waals surface area contributed by atoms with E-state index in [4.69, 9.17) is 0 Å². The van der Waals surface area contributed by atoms with E-state index in [2.05, 4.69) is 0 Å². The Kier molecular flexibility index (Phi) is 3.92. The van der Waals surface area contributed by atoms with Crippen molar-refractivity contribution in [1.82, 2.24) is 0 Å². The second-order valence-electron chi connectivity index (χ2n) is 5.39. The van der Waals surface area contributed by atoms with Gasteiger partial charge in [-0.05, 0) is 30.2 Å². The normalized spacial score (nSPS) is 12.9. The molecular weight excluding hydrogens is 276 g/mol. The summed E-state index contributed by atoms with van der Waals surface area (Å²) in [5, 5.41) is 0. The lowest BCUT2D eigenvalue weighted by atomic mass is 10.2. The Labute approximate surface area is 130 Å². The van der Waals surface area contributed by atoms with E-state index in [-0.39, 0.29) is 18.2 Å². The summed E-state index contributed by atoms with van der Waals surface area (Å²) < 4.78 is 0. The third-order valence-corrected chi connectivity index (χ3v) is 4.01. The minimum atomic E-state index is -0.194. The zero-order valence-corrected chi connectivity index (χ0v) is 12.5. The predicted octanol–water partition coefficient (Wildman–Crippen LogP) is 2.63. The molecule has 4 heteroatoms. The number of hydrogen-bond donors (Lipinski definition) is 0. The van der Waals surface area contributed by atoms with Crippen molar-refractivity contribution in [2.75, 3.05) is 23.4 Å². The standard InChI is InChI=1S/C18H18N2O2/c1-19(15-8-3-2-4-9-15)17(21)13-18(22)20-12-11-14-7-5-6-10-16(14)20/h2-10H,11-13H2,1H3. The quantitative estimate of drug-likeness (QED) is 0.817. The number of carbonyl (C=O) groups is 2. The average Bonchev–Trinajstić information content (AvgIpc) is 2.99. The lowest BCUT2D eigenvalue weighted by Crippen LogP contribution is -2.35. The second kappa shape index (κ2) is 6.02. The minimum Gasteiger partial charge on any atom is -0.315 e. The van der Waals surface area contributed by atoms with E-state index in [0.29, 0.717) is 6.54 Å². The smallest absolute Gasteiger partial charge is 0.236 e. The number of fused-ring (bicyclic) bond motifs is 1. The highest BCUT2D eigenvalue weighted by atomic mass is 16.2. The van der Waals surface area contributed by atoms with E-state index in [1.54, 1.807) is 11.9 Å². The van der Waals surface area contributed by atoms with Gasteiger partial charge < -0.3 is 9.80 Å². The van der Waals surface area contributed by atoms with Crippen LogP contribution in [-0.4, -0.2) is 25.4 Å². The van der Waals surface area contributed by atoms with Crippen LogP contribution in [0.25, 0.3) is 0 Å². The molecule has 0 atom stereocenters. The van der Waals surface area contributed by atoms with E-state index in [0.717, 1.165) is 17.8 Å². The number of rotatable bonds is 3. The van der Waals surface area contributed by atoms with Gasteiger partial charge in [-0.15, -0.1) is 0 Å². The molecular formula is C18H18N2O2. The van der Waals surface area contributed by atoms with Crippen LogP contribution in [0.1, 0.15) is 12.0 Å². The monoisotopic (exact) mass is 294 g/mol. The molecule has 0 radical (unpaired) electrons. The predicted molar refractivity (Wildman–Crippen MR) is 87.0 cm³/mol. The molecule has 4 nitrogen and oxygen atoms in total. The molecule has 2 amide bonds. The molecule has 2 aromatic rings. The molecule has 112 valence electrons. The Morgan fingerprint density at radius 3 is 2.50 bits per heavy atom. The summed E-state index contributed by atoms with van der Waals surface area (Å²) in [5.41, 5.74) is 2.89. The first-order valence-electron chi connectivity index (χ1n) is 7.36. The van der Waals surface area contributed by atoms with Gasteiger partial charge in [0, 0.05) is 25.0 Å². The van der Waals surface area contributed by atoms with Crippen LogP contribution in [0.2, 0.25) is 0 Å². The third kappa shape index (κ3) is 2.72. The summed E-state index contributed by atoms with van der Waals surface area (Å²) in [5.74, 6) is -0.335. The van der Waals surface area contributed by atoms with Gasteiger partial charge in [-0.1, -0.05) is 36.4 Å². The highest BCUT2D eigenvalue weighted by Gasteiger charge is 2.26.